The Morgan fingerprint density at radius 1 is 1.44 bits per heavy atom. The first-order valence-electron chi connectivity index (χ1n) is 5.64. The Kier molecular flexibility index (Phi) is 6.52. The van der Waals surface area contributed by atoms with E-state index in [0.717, 1.165) is 12.0 Å². The van der Waals surface area contributed by atoms with Crippen LogP contribution in [0, 0.1) is 0 Å². The van der Waals surface area contributed by atoms with Crippen molar-refractivity contribution in [3.63, 3.8) is 0 Å². The van der Waals surface area contributed by atoms with Crippen molar-refractivity contribution in [2.24, 2.45) is 0 Å². The first kappa shape index (κ1) is 15.3. The van der Waals surface area contributed by atoms with E-state index in [-0.39, 0.29) is 18.4 Å². The maximum Gasteiger partial charge on any atom is 0.387 e. The summed E-state index contributed by atoms with van der Waals surface area (Å²) in [6.45, 7) is -0.218. The third-order valence-corrected chi connectivity index (χ3v) is 3.14. The van der Waals surface area contributed by atoms with Crippen LogP contribution < -0.4 is 10.1 Å². The topological polar surface area (TPSA) is 41.5 Å². The number of nitrogens with one attached hydrogen (secondary N) is 1. The molecule has 0 saturated carbocycles. The van der Waals surface area contributed by atoms with E-state index in [1.54, 1.807) is 12.1 Å². The lowest BCUT2D eigenvalue weighted by Gasteiger charge is -2.14. The molecule has 2 N–H and O–H groups in total. The molecule has 3 nitrogen and oxygen atoms in total. The summed E-state index contributed by atoms with van der Waals surface area (Å²) in [4.78, 5) is 0. The molecule has 1 unspecified atom stereocenters. The van der Waals surface area contributed by atoms with Crippen molar-refractivity contribution < 1.29 is 18.6 Å². The number of aliphatic hydroxyl groups excluding tert-OH is 1. The summed E-state index contributed by atoms with van der Waals surface area (Å²) >= 11 is 3.18. The molecule has 0 saturated heterocycles. The summed E-state index contributed by atoms with van der Waals surface area (Å²) in [7, 11) is 0. The summed E-state index contributed by atoms with van der Waals surface area (Å²) in [5.41, 5.74) is 0.926. The molecule has 0 aliphatic carbocycles. The van der Waals surface area contributed by atoms with Gasteiger partial charge in [-0.3, -0.25) is 0 Å². The summed E-state index contributed by atoms with van der Waals surface area (Å²) in [6, 6.07) is 4.96. The second kappa shape index (κ2) is 7.66. The fraction of sp³-hybridized carbons (Fsp3) is 0.500. The van der Waals surface area contributed by atoms with Crippen LogP contribution in [0.2, 0.25) is 0 Å². The molecule has 102 valence electrons. The quantitative estimate of drug-likeness (QED) is 0.810. The van der Waals surface area contributed by atoms with Crippen LogP contribution in [0.1, 0.15) is 18.9 Å². The zero-order valence-corrected chi connectivity index (χ0v) is 11.6. The van der Waals surface area contributed by atoms with Crippen LogP contribution in [-0.2, 0) is 6.54 Å². The molecule has 0 fully saturated rings. The lowest BCUT2D eigenvalue weighted by atomic mass is 10.2. The minimum Gasteiger partial charge on any atom is -0.434 e. The van der Waals surface area contributed by atoms with Gasteiger partial charge in [0.25, 0.3) is 0 Å². The summed E-state index contributed by atoms with van der Waals surface area (Å²) in [5, 5.41) is 12.2. The zero-order chi connectivity index (χ0) is 13.5. The second-order valence-electron chi connectivity index (χ2n) is 3.81. The number of rotatable bonds is 7. The van der Waals surface area contributed by atoms with Crippen molar-refractivity contribution in [1.82, 2.24) is 5.32 Å². The smallest absolute Gasteiger partial charge is 0.387 e. The lowest BCUT2D eigenvalue weighted by molar-refractivity contribution is -0.0503. The molecule has 0 aliphatic heterocycles. The van der Waals surface area contributed by atoms with Gasteiger partial charge in [0.2, 0.25) is 0 Å². The maximum atomic E-state index is 12.1. The van der Waals surface area contributed by atoms with Gasteiger partial charge >= 0.3 is 6.61 Å². The average molecular weight is 324 g/mol. The number of ether oxygens (including phenoxy) is 1. The SMILES string of the molecule is CCC(CO)NCc1ccc(OC(F)F)c(Br)c1. The molecule has 0 aromatic heterocycles. The van der Waals surface area contributed by atoms with E-state index < -0.39 is 6.61 Å². The van der Waals surface area contributed by atoms with Gasteiger partial charge in [-0.05, 0) is 40.0 Å². The van der Waals surface area contributed by atoms with Crippen LogP contribution >= 0.6 is 15.9 Å². The predicted octanol–water partition coefficient (Wildman–Crippen LogP) is 2.91. The van der Waals surface area contributed by atoms with Crippen molar-refractivity contribution in [2.75, 3.05) is 6.61 Å². The molecule has 1 aromatic rings. The Balaban J connectivity index is 2.61. The second-order valence-corrected chi connectivity index (χ2v) is 4.67. The fourth-order valence-electron chi connectivity index (χ4n) is 1.45. The Hall–Kier alpha value is -0.720. The maximum absolute atomic E-state index is 12.1. The number of aliphatic hydroxyl groups is 1. The standard InChI is InChI=1S/C12H16BrF2NO2/c1-2-9(7-17)16-6-8-3-4-11(10(13)5-8)18-12(14)15/h3-5,9,12,16-17H,2,6-7H2,1H3. The highest BCUT2D eigenvalue weighted by Gasteiger charge is 2.09. The van der Waals surface area contributed by atoms with Gasteiger partial charge in [-0.1, -0.05) is 13.0 Å². The molecule has 6 heteroatoms. The molecular formula is C12H16BrF2NO2. The zero-order valence-electron chi connectivity index (χ0n) is 10.00. The average Bonchev–Trinajstić information content (AvgIpc) is 2.33. The van der Waals surface area contributed by atoms with E-state index in [1.165, 1.54) is 6.07 Å². The monoisotopic (exact) mass is 323 g/mol. The van der Waals surface area contributed by atoms with Crippen molar-refractivity contribution >= 4 is 15.9 Å². The molecule has 0 aliphatic rings. The van der Waals surface area contributed by atoms with Gasteiger partial charge in [0, 0.05) is 12.6 Å². The molecule has 0 heterocycles. The van der Waals surface area contributed by atoms with Crippen LogP contribution in [0.15, 0.2) is 22.7 Å². The van der Waals surface area contributed by atoms with Gasteiger partial charge in [0.15, 0.2) is 0 Å². The Bertz CT molecular complexity index is 373. The van der Waals surface area contributed by atoms with Crippen molar-refractivity contribution in [1.29, 1.82) is 0 Å². The van der Waals surface area contributed by atoms with Gasteiger partial charge < -0.3 is 15.2 Å². The number of hydrogen-bond acceptors (Lipinski definition) is 3. The van der Waals surface area contributed by atoms with Crippen molar-refractivity contribution in [2.45, 2.75) is 32.5 Å². The van der Waals surface area contributed by atoms with Crippen LogP contribution in [-0.4, -0.2) is 24.4 Å². The number of alkyl halides is 2. The van der Waals surface area contributed by atoms with Gasteiger partial charge in [-0.25, -0.2) is 0 Å². The van der Waals surface area contributed by atoms with Gasteiger partial charge in [0.1, 0.15) is 5.75 Å². The molecule has 0 bridgehead atoms. The minimum atomic E-state index is -2.83. The van der Waals surface area contributed by atoms with Gasteiger partial charge in [0.05, 0.1) is 11.1 Å². The highest BCUT2D eigenvalue weighted by molar-refractivity contribution is 9.10. The first-order valence-corrected chi connectivity index (χ1v) is 6.43. The number of benzene rings is 1. The Labute approximate surface area is 113 Å². The Morgan fingerprint density at radius 2 is 2.17 bits per heavy atom. The fourth-order valence-corrected chi connectivity index (χ4v) is 1.97. The molecule has 0 spiro atoms. The van der Waals surface area contributed by atoms with E-state index in [9.17, 15) is 8.78 Å². The third kappa shape index (κ3) is 4.88. The number of halogens is 3. The molecule has 1 aromatic carbocycles. The molecule has 0 radical (unpaired) electrons. The van der Waals surface area contributed by atoms with E-state index >= 15 is 0 Å². The van der Waals surface area contributed by atoms with Gasteiger partial charge in [-0.15, -0.1) is 0 Å². The van der Waals surface area contributed by atoms with Crippen LogP contribution in [0.3, 0.4) is 0 Å². The van der Waals surface area contributed by atoms with Crippen LogP contribution in [0.25, 0.3) is 0 Å². The van der Waals surface area contributed by atoms with Crippen LogP contribution in [0.5, 0.6) is 5.75 Å². The predicted molar refractivity (Wildman–Crippen MR) is 68.8 cm³/mol. The van der Waals surface area contributed by atoms with E-state index in [1.807, 2.05) is 6.92 Å². The first-order chi connectivity index (χ1) is 8.56. The third-order valence-electron chi connectivity index (χ3n) is 2.52. The molecule has 18 heavy (non-hydrogen) atoms. The van der Waals surface area contributed by atoms with Gasteiger partial charge in [-0.2, -0.15) is 8.78 Å². The highest BCUT2D eigenvalue weighted by atomic mass is 79.9. The molecule has 1 rings (SSSR count). The van der Waals surface area contributed by atoms with Crippen molar-refractivity contribution in [3.05, 3.63) is 28.2 Å². The summed E-state index contributed by atoms with van der Waals surface area (Å²) in [6.07, 6.45) is 0.824. The molecule has 1 atom stereocenters. The van der Waals surface area contributed by atoms with E-state index in [4.69, 9.17) is 5.11 Å². The van der Waals surface area contributed by atoms with E-state index in [2.05, 4.69) is 26.0 Å². The minimum absolute atomic E-state index is 0.0424. The normalized spacial score (nSPS) is 12.8. The van der Waals surface area contributed by atoms with E-state index in [0.29, 0.717) is 11.0 Å². The van der Waals surface area contributed by atoms with Crippen LogP contribution in [0.4, 0.5) is 8.78 Å². The van der Waals surface area contributed by atoms with Crippen molar-refractivity contribution in [3.8, 4) is 5.75 Å². The highest BCUT2D eigenvalue weighted by Crippen LogP contribution is 2.27. The summed E-state index contributed by atoms with van der Waals surface area (Å²) < 4.78 is 28.9. The Morgan fingerprint density at radius 3 is 2.67 bits per heavy atom. The summed E-state index contributed by atoms with van der Waals surface area (Å²) in [5.74, 6) is 0.114. The lowest BCUT2D eigenvalue weighted by Crippen LogP contribution is -2.31. The largest absolute Gasteiger partial charge is 0.434 e. The number of hydrogen-bond donors (Lipinski definition) is 2. The molecule has 0 amide bonds. The molecular weight excluding hydrogens is 308 g/mol.